The smallest absolute Gasteiger partial charge is 0.0695 e. The molecule has 2 atom stereocenters. The number of hydrogen-bond acceptors (Lipinski definition) is 3. The molecule has 80 valence electrons. The Bertz CT molecular complexity index is 210. The lowest BCUT2D eigenvalue weighted by atomic mass is 10.1. The van der Waals surface area contributed by atoms with Crippen LogP contribution in [0.3, 0.4) is 0 Å². The third kappa shape index (κ3) is 2.70. The van der Waals surface area contributed by atoms with E-state index < -0.39 is 0 Å². The lowest BCUT2D eigenvalue weighted by molar-refractivity contribution is 0.0533. The van der Waals surface area contributed by atoms with Crippen LogP contribution in [-0.4, -0.2) is 34.7 Å². The van der Waals surface area contributed by atoms with Crippen LogP contribution in [0, 0.1) is 11.3 Å². The molecule has 0 bridgehead atoms. The van der Waals surface area contributed by atoms with E-state index in [4.69, 9.17) is 5.26 Å². The maximum absolute atomic E-state index is 9.78. The molecule has 1 rings (SSSR count). The van der Waals surface area contributed by atoms with E-state index in [0.29, 0.717) is 12.5 Å². The van der Waals surface area contributed by atoms with Gasteiger partial charge in [0.25, 0.3) is 0 Å². The molecule has 0 heterocycles. The summed E-state index contributed by atoms with van der Waals surface area (Å²) in [5.74, 6) is 0. The number of aliphatic hydroxyl groups is 1. The third-order valence-electron chi connectivity index (χ3n) is 3.02. The van der Waals surface area contributed by atoms with Gasteiger partial charge < -0.3 is 5.11 Å². The molecule has 1 aliphatic carbocycles. The third-order valence-corrected chi connectivity index (χ3v) is 3.02. The van der Waals surface area contributed by atoms with Crippen molar-refractivity contribution in [1.29, 1.82) is 5.26 Å². The molecule has 1 fully saturated rings. The highest BCUT2D eigenvalue weighted by Gasteiger charge is 2.31. The minimum absolute atomic E-state index is 0.184. The molecule has 3 heteroatoms. The minimum Gasteiger partial charge on any atom is -0.391 e. The SMILES string of the molecule is CC(C)N(CCC#N)C1CCCC1O. The predicted molar refractivity (Wildman–Crippen MR) is 55.7 cm³/mol. The molecule has 0 aliphatic heterocycles. The summed E-state index contributed by atoms with van der Waals surface area (Å²) in [5, 5.41) is 18.3. The second-order valence-corrected chi connectivity index (χ2v) is 4.31. The van der Waals surface area contributed by atoms with Gasteiger partial charge in [0.05, 0.1) is 12.2 Å². The average molecular weight is 196 g/mol. The Labute approximate surface area is 86.3 Å². The summed E-state index contributed by atoms with van der Waals surface area (Å²) >= 11 is 0. The fourth-order valence-electron chi connectivity index (χ4n) is 2.29. The van der Waals surface area contributed by atoms with Gasteiger partial charge in [-0.25, -0.2) is 0 Å². The Kier molecular flexibility index (Phi) is 4.37. The highest BCUT2D eigenvalue weighted by atomic mass is 16.3. The number of hydrogen-bond donors (Lipinski definition) is 1. The van der Waals surface area contributed by atoms with Crippen LogP contribution >= 0.6 is 0 Å². The van der Waals surface area contributed by atoms with E-state index in [1.165, 1.54) is 0 Å². The van der Waals surface area contributed by atoms with Gasteiger partial charge in [0, 0.05) is 25.0 Å². The molecular weight excluding hydrogens is 176 g/mol. The largest absolute Gasteiger partial charge is 0.391 e. The van der Waals surface area contributed by atoms with Gasteiger partial charge in [-0.1, -0.05) is 0 Å². The van der Waals surface area contributed by atoms with Gasteiger partial charge in [-0.15, -0.1) is 0 Å². The van der Waals surface area contributed by atoms with Crippen molar-refractivity contribution in [1.82, 2.24) is 4.90 Å². The van der Waals surface area contributed by atoms with E-state index in [-0.39, 0.29) is 12.1 Å². The van der Waals surface area contributed by atoms with Crippen LogP contribution in [0.15, 0.2) is 0 Å². The molecular formula is C11H20N2O. The van der Waals surface area contributed by atoms with Crippen LogP contribution < -0.4 is 0 Å². The quantitative estimate of drug-likeness (QED) is 0.741. The van der Waals surface area contributed by atoms with Crippen molar-refractivity contribution in [2.45, 2.75) is 57.7 Å². The molecule has 0 aromatic rings. The summed E-state index contributed by atoms with van der Waals surface area (Å²) in [6.07, 6.45) is 3.48. The summed E-state index contributed by atoms with van der Waals surface area (Å²) < 4.78 is 0. The van der Waals surface area contributed by atoms with E-state index in [2.05, 4.69) is 24.8 Å². The van der Waals surface area contributed by atoms with Crippen LogP contribution in [0.4, 0.5) is 0 Å². The maximum atomic E-state index is 9.78. The van der Waals surface area contributed by atoms with Crippen molar-refractivity contribution in [3.8, 4) is 6.07 Å². The number of aliphatic hydroxyl groups excluding tert-OH is 1. The molecule has 3 nitrogen and oxygen atoms in total. The molecule has 14 heavy (non-hydrogen) atoms. The molecule has 0 aromatic heterocycles. The van der Waals surface area contributed by atoms with E-state index in [1.54, 1.807) is 0 Å². The van der Waals surface area contributed by atoms with Gasteiger partial charge in [-0.2, -0.15) is 5.26 Å². The monoisotopic (exact) mass is 196 g/mol. The molecule has 1 aliphatic rings. The first-order chi connectivity index (χ1) is 6.66. The van der Waals surface area contributed by atoms with Crippen LogP contribution in [0.5, 0.6) is 0 Å². The number of rotatable bonds is 4. The topological polar surface area (TPSA) is 47.3 Å². The Morgan fingerprint density at radius 1 is 1.50 bits per heavy atom. The lowest BCUT2D eigenvalue weighted by Crippen LogP contribution is -2.45. The van der Waals surface area contributed by atoms with E-state index in [0.717, 1.165) is 25.8 Å². The zero-order chi connectivity index (χ0) is 10.6. The molecule has 1 saturated carbocycles. The van der Waals surface area contributed by atoms with Crippen molar-refractivity contribution >= 4 is 0 Å². The molecule has 2 unspecified atom stereocenters. The van der Waals surface area contributed by atoms with Crippen LogP contribution in [0.1, 0.15) is 39.5 Å². The second kappa shape index (κ2) is 5.33. The highest BCUT2D eigenvalue weighted by Crippen LogP contribution is 2.25. The maximum Gasteiger partial charge on any atom is 0.0695 e. The Balaban J connectivity index is 2.53. The Morgan fingerprint density at radius 2 is 2.21 bits per heavy atom. The summed E-state index contributed by atoms with van der Waals surface area (Å²) in [6, 6.07) is 2.87. The molecule has 0 saturated heterocycles. The fraction of sp³-hybridized carbons (Fsp3) is 0.909. The van der Waals surface area contributed by atoms with Crippen molar-refractivity contribution < 1.29 is 5.11 Å². The van der Waals surface area contributed by atoms with Gasteiger partial charge in [0.2, 0.25) is 0 Å². The van der Waals surface area contributed by atoms with Crippen LogP contribution in [0.2, 0.25) is 0 Å². The van der Waals surface area contributed by atoms with Gasteiger partial charge in [0.1, 0.15) is 0 Å². The standard InChI is InChI=1S/C11H20N2O/c1-9(2)13(8-4-7-12)10-5-3-6-11(10)14/h9-11,14H,3-6,8H2,1-2H3. The zero-order valence-corrected chi connectivity index (χ0v) is 9.11. The van der Waals surface area contributed by atoms with Gasteiger partial charge in [0.15, 0.2) is 0 Å². The molecule has 0 radical (unpaired) electrons. The molecule has 0 amide bonds. The van der Waals surface area contributed by atoms with Crippen molar-refractivity contribution in [2.75, 3.05) is 6.54 Å². The van der Waals surface area contributed by atoms with E-state index in [1.807, 2.05) is 0 Å². The fourth-order valence-corrected chi connectivity index (χ4v) is 2.29. The van der Waals surface area contributed by atoms with E-state index >= 15 is 0 Å². The Hall–Kier alpha value is -0.590. The summed E-state index contributed by atoms with van der Waals surface area (Å²) in [7, 11) is 0. The predicted octanol–water partition coefficient (Wildman–Crippen LogP) is 1.52. The zero-order valence-electron chi connectivity index (χ0n) is 9.11. The summed E-state index contributed by atoms with van der Waals surface area (Å²) in [6.45, 7) is 5.04. The van der Waals surface area contributed by atoms with Gasteiger partial charge in [-0.05, 0) is 33.1 Å². The second-order valence-electron chi connectivity index (χ2n) is 4.31. The first kappa shape index (κ1) is 11.5. The molecule has 1 N–H and O–H groups in total. The van der Waals surface area contributed by atoms with Crippen molar-refractivity contribution in [3.63, 3.8) is 0 Å². The van der Waals surface area contributed by atoms with Crippen molar-refractivity contribution in [2.24, 2.45) is 0 Å². The normalized spacial score (nSPS) is 27.1. The van der Waals surface area contributed by atoms with Gasteiger partial charge in [-0.3, -0.25) is 4.90 Å². The number of nitriles is 1. The van der Waals surface area contributed by atoms with Crippen molar-refractivity contribution in [3.05, 3.63) is 0 Å². The molecule has 0 spiro atoms. The lowest BCUT2D eigenvalue weighted by Gasteiger charge is -2.33. The highest BCUT2D eigenvalue weighted by molar-refractivity contribution is 4.88. The summed E-state index contributed by atoms with van der Waals surface area (Å²) in [4.78, 5) is 2.26. The summed E-state index contributed by atoms with van der Waals surface area (Å²) in [5.41, 5.74) is 0. The van der Waals surface area contributed by atoms with Gasteiger partial charge >= 0.3 is 0 Å². The first-order valence-corrected chi connectivity index (χ1v) is 5.47. The molecule has 0 aromatic carbocycles. The van der Waals surface area contributed by atoms with E-state index in [9.17, 15) is 5.11 Å². The Morgan fingerprint density at radius 3 is 2.64 bits per heavy atom. The minimum atomic E-state index is -0.184. The average Bonchev–Trinajstić information content (AvgIpc) is 2.52. The van der Waals surface area contributed by atoms with Crippen LogP contribution in [0.25, 0.3) is 0 Å². The van der Waals surface area contributed by atoms with Crippen LogP contribution in [-0.2, 0) is 0 Å². The first-order valence-electron chi connectivity index (χ1n) is 5.47. The number of nitrogens with zero attached hydrogens (tertiary/aromatic N) is 2.